The summed E-state index contributed by atoms with van der Waals surface area (Å²) in [6, 6.07) is 12.1. The maximum absolute atomic E-state index is 4.85. The van der Waals surface area contributed by atoms with Crippen molar-refractivity contribution in [2.24, 2.45) is 0 Å². The molecule has 0 fully saturated rings. The monoisotopic (exact) mass is 426 g/mol. The predicted octanol–water partition coefficient (Wildman–Crippen LogP) is 3.08. The van der Waals surface area contributed by atoms with E-state index in [1.165, 1.54) is 0 Å². The van der Waals surface area contributed by atoms with Gasteiger partial charge in [-0.1, -0.05) is 30.3 Å². The van der Waals surface area contributed by atoms with Gasteiger partial charge in [-0.05, 0) is 0 Å². The van der Waals surface area contributed by atoms with E-state index in [1.807, 2.05) is 50.5 Å². The van der Waals surface area contributed by atoms with Crippen molar-refractivity contribution in [1.82, 2.24) is 29.9 Å². The van der Waals surface area contributed by atoms with Crippen LogP contribution in [-0.2, 0) is 12.8 Å². The zero-order chi connectivity index (χ0) is 22.2. The van der Waals surface area contributed by atoms with Crippen LogP contribution in [0.1, 0.15) is 11.4 Å². The number of hydrogen-bond acceptors (Lipinski definition) is 8. The number of rotatable bonds is 9. The first-order chi connectivity index (χ1) is 15.7. The number of hydrogen-bond donors (Lipinski definition) is 0. The molecule has 0 spiro atoms. The van der Waals surface area contributed by atoms with E-state index in [1.54, 1.807) is 37.2 Å². The van der Waals surface area contributed by atoms with Crippen LogP contribution in [0.3, 0.4) is 0 Å². The lowest BCUT2D eigenvalue weighted by Gasteiger charge is -2.23. The SMILES string of the molecule is CN(CCc1cnccn1)c1cc(N(C)CCc2cnccn2)nc(-c2ccccc2)n1. The van der Waals surface area contributed by atoms with E-state index in [-0.39, 0.29) is 0 Å². The number of benzene rings is 1. The van der Waals surface area contributed by atoms with Gasteiger partial charge in [-0.2, -0.15) is 0 Å². The van der Waals surface area contributed by atoms with Gasteiger partial charge in [0, 0.05) is 88.8 Å². The van der Waals surface area contributed by atoms with E-state index in [0.717, 1.165) is 54.5 Å². The second-order valence-electron chi connectivity index (χ2n) is 7.51. The van der Waals surface area contributed by atoms with E-state index >= 15 is 0 Å². The molecule has 0 aliphatic rings. The average molecular weight is 427 g/mol. The van der Waals surface area contributed by atoms with E-state index in [2.05, 4.69) is 29.7 Å². The molecule has 1 aromatic carbocycles. The van der Waals surface area contributed by atoms with Crippen molar-refractivity contribution in [3.05, 3.63) is 85.0 Å². The van der Waals surface area contributed by atoms with E-state index in [4.69, 9.17) is 9.97 Å². The Bertz CT molecular complexity index is 1040. The highest BCUT2D eigenvalue weighted by Gasteiger charge is 2.13. The largest absolute Gasteiger partial charge is 0.359 e. The van der Waals surface area contributed by atoms with Crippen molar-refractivity contribution in [2.75, 3.05) is 37.0 Å². The minimum absolute atomic E-state index is 0.704. The second-order valence-corrected chi connectivity index (χ2v) is 7.51. The van der Waals surface area contributed by atoms with Gasteiger partial charge >= 0.3 is 0 Å². The summed E-state index contributed by atoms with van der Waals surface area (Å²) in [7, 11) is 4.08. The molecule has 0 aliphatic heterocycles. The molecule has 0 amide bonds. The zero-order valence-electron chi connectivity index (χ0n) is 18.3. The smallest absolute Gasteiger partial charge is 0.163 e. The zero-order valence-corrected chi connectivity index (χ0v) is 18.3. The summed E-state index contributed by atoms with van der Waals surface area (Å²) in [5.41, 5.74) is 2.90. The molecule has 0 bridgehead atoms. The number of anilines is 2. The van der Waals surface area contributed by atoms with Crippen molar-refractivity contribution in [3.63, 3.8) is 0 Å². The van der Waals surface area contributed by atoms with E-state index in [0.29, 0.717) is 5.82 Å². The maximum Gasteiger partial charge on any atom is 0.163 e. The molecule has 0 aliphatic carbocycles. The standard InChI is InChI=1S/C24H26N8/c1-31(14-8-20-17-25-10-12-27-20)22-16-23(30-24(29-22)19-6-4-3-5-7-19)32(2)15-9-21-18-26-11-13-28-21/h3-7,10-13,16-18H,8-9,14-15H2,1-2H3. The molecule has 0 radical (unpaired) electrons. The predicted molar refractivity (Wildman–Crippen MR) is 125 cm³/mol. The van der Waals surface area contributed by atoms with Crippen LogP contribution in [0.25, 0.3) is 11.4 Å². The van der Waals surface area contributed by atoms with Crippen LogP contribution in [0.2, 0.25) is 0 Å². The van der Waals surface area contributed by atoms with Gasteiger partial charge in [-0.3, -0.25) is 19.9 Å². The molecule has 32 heavy (non-hydrogen) atoms. The van der Waals surface area contributed by atoms with E-state index < -0.39 is 0 Å². The van der Waals surface area contributed by atoms with Gasteiger partial charge in [0.2, 0.25) is 0 Å². The van der Waals surface area contributed by atoms with Crippen LogP contribution in [0.4, 0.5) is 11.6 Å². The fraction of sp³-hybridized carbons (Fsp3) is 0.250. The van der Waals surface area contributed by atoms with Crippen LogP contribution in [-0.4, -0.2) is 57.1 Å². The summed E-state index contributed by atoms with van der Waals surface area (Å²) in [6.45, 7) is 1.54. The Labute approximate surface area is 188 Å². The van der Waals surface area contributed by atoms with E-state index in [9.17, 15) is 0 Å². The highest BCUT2D eigenvalue weighted by molar-refractivity contribution is 5.62. The van der Waals surface area contributed by atoms with Gasteiger partial charge in [-0.15, -0.1) is 0 Å². The normalized spacial score (nSPS) is 10.7. The van der Waals surface area contributed by atoms with Gasteiger partial charge in [0.15, 0.2) is 5.82 Å². The minimum Gasteiger partial charge on any atom is -0.359 e. The Morgan fingerprint density at radius 1 is 0.688 bits per heavy atom. The number of aromatic nitrogens is 6. The second kappa shape index (κ2) is 10.4. The van der Waals surface area contributed by atoms with Gasteiger partial charge < -0.3 is 9.80 Å². The molecule has 162 valence electrons. The third-order valence-corrected chi connectivity index (χ3v) is 5.15. The first-order valence-corrected chi connectivity index (χ1v) is 10.6. The lowest BCUT2D eigenvalue weighted by atomic mass is 10.2. The molecule has 0 saturated carbocycles. The molecule has 8 nitrogen and oxygen atoms in total. The van der Waals surface area contributed by atoms with Crippen LogP contribution in [0.5, 0.6) is 0 Å². The first kappa shape index (κ1) is 21.3. The fourth-order valence-electron chi connectivity index (χ4n) is 3.24. The Kier molecular flexibility index (Phi) is 6.91. The maximum atomic E-state index is 4.85. The van der Waals surface area contributed by atoms with Gasteiger partial charge in [0.05, 0.1) is 11.4 Å². The topological polar surface area (TPSA) is 83.8 Å². The Balaban J connectivity index is 1.56. The molecule has 4 aromatic rings. The summed E-state index contributed by atoms with van der Waals surface area (Å²) in [4.78, 5) is 31.0. The highest BCUT2D eigenvalue weighted by atomic mass is 15.2. The molecule has 0 unspecified atom stereocenters. The summed E-state index contributed by atoms with van der Waals surface area (Å²) >= 11 is 0. The van der Waals surface area contributed by atoms with Crippen LogP contribution < -0.4 is 9.80 Å². The Morgan fingerprint density at radius 3 is 1.69 bits per heavy atom. The molecule has 8 heteroatoms. The van der Waals surface area contributed by atoms with Crippen LogP contribution in [0, 0.1) is 0 Å². The van der Waals surface area contributed by atoms with Gasteiger partial charge in [-0.25, -0.2) is 9.97 Å². The molecular formula is C24H26N8. The summed E-state index contributed by atoms with van der Waals surface area (Å²) in [6.07, 6.45) is 12.0. The molecule has 3 aromatic heterocycles. The summed E-state index contributed by atoms with van der Waals surface area (Å²) < 4.78 is 0. The van der Waals surface area contributed by atoms with Gasteiger partial charge in [0.1, 0.15) is 11.6 Å². The molecule has 3 heterocycles. The Morgan fingerprint density at radius 2 is 1.22 bits per heavy atom. The molecule has 0 atom stereocenters. The molecule has 4 rings (SSSR count). The lowest BCUT2D eigenvalue weighted by Crippen LogP contribution is -2.25. The van der Waals surface area contributed by atoms with Gasteiger partial charge in [0.25, 0.3) is 0 Å². The third-order valence-electron chi connectivity index (χ3n) is 5.15. The number of likely N-dealkylation sites (N-methyl/N-ethyl adjacent to an activating group) is 2. The summed E-state index contributed by atoms with van der Waals surface area (Å²) in [5, 5.41) is 0. The van der Waals surface area contributed by atoms with Crippen molar-refractivity contribution in [1.29, 1.82) is 0 Å². The molecule has 0 saturated heterocycles. The van der Waals surface area contributed by atoms with Crippen molar-refractivity contribution in [3.8, 4) is 11.4 Å². The Hall–Kier alpha value is -3.94. The average Bonchev–Trinajstić information content (AvgIpc) is 2.87. The summed E-state index contributed by atoms with van der Waals surface area (Å²) in [5.74, 6) is 2.43. The van der Waals surface area contributed by atoms with Crippen molar-refractivity contribution >= 4 is 11.6 Å². The highest BCUT2D eigenvalue weighted by Crippen LogP contribution is 2.24. The third kappa shape index (κ3) is 5.60. The fourth-order valence-corrected chi connectivity index (χ4v) is 3.24. The van der Waals surface area contributed by atoms with Crippen molar-refractivity contribution in [2.45, 2.75) is 12.8 Å². The first-order valence-electron chi connectivity index (χ1n) is 10.6. The number of nitrogens with zero attached hydrogens (tertiary/aromatic N) is 8. The van der Waals surface area contributed by atoms with Crippen LogP contribution in [0.15, 0.2) is 73.6 Å². The van der Waals surface area contributed by atoms with Crippen LogP contribution >= 0.6 is 0 Å². The molecular weight excluding hydrogens is 400 g/mol. The lowest BCUT2D eigenvalue weighted by molar-refractivity contribution is 0.815. The molecule has 0 N–H and O–H groups in total. The minimum atomic E-state index is 0.704. The quantitative estimate of drug-likeness (QED) is 0.404. The van der Waals surface area contributed by atoms with Crippen molar-refractivity contribution < 1.29 is 0 Å².